The van der Waals surface area contributed by atoms with Crippen LogP contribution in [0.5, 0.6) is 0 Å². The number of aliphatic carboxylic acids is 1. The van der Waals surface area contributed by atoms with Gasteiger partial charge in [0.15, 0.2) is 0 Å². The lowest BCUT2D eigenvalue weighted by atomic mass is 10.0. The number of rotatable bonds is 24. The molecule has 8 heteroatoms. The molecule has 0 aromatic carbocycles. The Kier molecular flexibility index (Phi) is 22.5. The van der Waals surface area contributed by atoms with Crippen LogP contribution >= 0.6 is 0 Å². The average Bonchev–Trinajstić information content (AvgIpc) is 2.79. The van der Waals surface area contributed by atoms with E-state index in [1.807, 2.05) is 6.92 Å². The van der Waals surface area contributed by atoms with E-state index in [0.717, 1.165) is 32.1 Å². The molecular weight excluding hydrogens is 434 g/mol. The fourth-order valence-electron chi connectivity index (χ4n) is 3.75. The molecule has 34 heavy (non-hydrogen) atoms. The van der Waals surface area contributed by atoms with Crippen LogP contribution in [0.25, 0.3) is 0 Å². The highest BCUT2D eigenvalue weighted by Crippen LogP contribution is 2.13. The zero-order valence-corrected chi connectivity index (χ0v) is 21.4. The van der Waals surface area contributed by atoms with Gasteiger partial charge in [0.05, 0.1) is 0 Å². The monoisotopic (exact) mass is 483 g/mol. The molecule has 198 valence electrons. The summed E-state index contributed by atoms with van der Waals surface area (Å²) in [5.74, 6) is -0.665. The van der Waals surface area contributed by atoms with E-state index in [4.69, 9.17) is 5.11 Å². The van der Waals surface area contributed by atoms with Crippen molar-refractivity contribution in [2.24, 2.45) is 0 Å². The highest BCUT2D eigenvalue weighted by Gasteiger charge is 2.04. The zero-order valence-electron chi connectivity index (χ0n) is 21.4. The summed E-state index contributed by atoms with van der Waals surface area (Å²) in [5, 5.41) is 17.0. The van der Waals surface area contributed by atoms with Crippen LogP contribution in [0.2, 0.25) is 0 Å². The van der Waals surface area contributed by atoms with Gasteiger partial charge in [0, 0.05) is 45.3 Å². The van der Waals surface area contributed by atoms with Gasteiger partial charge in [0.2, 0.25) is 17.7 Å². The molecule has 0 aromatic rings. The minimum absolute atomic E-state index is 0.00849. The molecular formula is C26H49N3O5. The standard InChI is InChI=1S/C26H49N3O5/c1-2-27-23(30)18-15-21-29-25(32)19-16-22-28-24(31)17-13-11-9-7-5-3-4-6-8-10-12-14-20-26(33)34/h2-22H2,1H3,(H,27,30)(H,28,31)(H,29,32)(H,33,34). The molecule has 3 amide bonds. The van der Waals surface area contributed by atoms with E-state index < -0.39 is 5.97 Å². The predicted octanol–water partition coefficient (Wildman–Crippen LogP) is 4.46. The molecule has 4 N–H and O–H groups in total. The number of amides is 3. The molecule has 0 unspecified atom stereocenters. The summed E-state index contributed by atoms with van der Waals surface area (Å²) in [4.78, 5) is 45.4. The second kappa shape index (κ2) is 24.0. The number of hydrogen-bond acceptors (Lipinski definition) is 4. The lowest BCUT2D eigenvalue weighted by molar-refractivity contribution is -0.137. The van der Waals surface area contributed by atoms with Crippen LogP contribution in [0.1, 0.15) is 122 Å². The van der Waals surface area contributed by atoms with Crippen molar-refractivity contribution in [2.75, 3.05) is 19.6 Å². The predicted molar refractivity (Wildman–Crippen MR) is 135 cm³/mol. The number of unbranched alkanes of at least 4 members (excludes halogenated alkanes) is 11. The summed E-state index contributed by atoms with van der Waals surface area (Å²) in [6.07, 6.45) is 16.5. The second-order valence-corrected chi connectivity index (χ2v) is 9.00. The van der Waals surface area contributed by atoms with Gasteiger partial charge < -0.3 is 21.1 Å². The summed E-state index contributed by atoms with van der Waals surface area (Å²) >= 11 is 0. The molecule has 0 rings (SSSR count). The summed E-state index contributed by atoms with van der Waals surface area (Å²) in [6.45, 7) is 3.52. The SMILES string of the molecule is CCNC(=O)CCCNC(=O)CCCNC(=O)CCCCCCCCCCCCCCC(=O)O. The van der Waals surface area contributed by atoms with Crippen LogP contribution in [0.3, 0.4) is 0 Å². The molecule has 0 atom stereocenters. The molecule has 0 aliphatic carbocycles. The molecule has 0 fully saturated rings. The zero-order chi connectivity index (χ0) is 25.3. The third-order valence-electron chi connectivity index (χ3n) is 5.72. The highest BCUT2D eigenvalue weighted by atomic mass is 16.4. The van der Waals surface area contributed by atoms with Gasteiger partial charge in [0.25, 0.3) is 0 Å². The first-order chi connectivity index (χ1) is 16.5. The maximum Gasteiger partial charge on any atom is 0.303 e. The van der Waals surface area contributed by atoms with Crippen LogP contribution in [0, 0.1) is 0 Å². The molecule has 0 radical (unpaired) electrons. The lowest BCUT2D eigenvalue weighted by Gasteiger charge is -2.07. The van der Waals surface area contributed by atoms with Gasteiger partial charge in [0.1, 0.15) is 0 Å². The van der Waals surface area contributed by atoms with E-state index in [2.05, 4.69) is 16.0 Å². The van der Waals surface area contributed by atoms with Gasteiger partial charge in [-0.25, -0.2) is 0 Å². The summed E-state index contributed by atoms with van der Waals surface area (Å²) < 4.78 is 0. The van der Waals surface area contributed by atoms with Crippen molar-refractivity contribution in [1.82, 2.24) is 16.0 Å². The van der Waals surface area contributed by atoms with Crippen LogP contribution in [-0.4, -0.2) is 48.4 Å². The van der Waals surface area contributed by atoms with Crippen molar-refractivity contribution in [3.63, 3.8) is 0 Å². The quantitative estimate of drug-likeness (QED) is 0.151. The maximum atomic E-state index is 11.9. The van der Waals surface area contributed by atoms with E-state index in [0.29, 0.717) is 58.2 Å². The average molecular weight is 484 g/mol. The third kappa shape index (κ3) is 24.5. The van der Waals surface area contributed by atoms with Crippen molar-refractivity contribution in [3.05, 3.63) is 0 Å². The van der Waals surface area contributed by atoms with Gasteiger partial charge in [-0.3, -0.25) is 19.2 Å². The van der Waals surface area contributed by atoms with Gasteiger partial charge in [-0.15, -0.1) is 0 Å². The maximum absolute atomic E-state index is 11.9. The number of carboxylic acids is 1. The first kappa shape index (κ1) is 31.9. The van der Waals surface area contributed by atoms with Gasteiger partial charge in [-0.2, -0.15) is 0 Å². The van der Waals surface area contributed by atoms with Gasteiger partial charge >= 0.3 is 5.97 Å². The Morgan fingerprint density at radius 2 is 0.794 bits per heavy atom. The molecule has 0 saturated heterocycles. The molecule has 0 aliphatic heterocycles. The van der Waals surface area contributed by atoms with E-state index >= 15 is 0 Å². The van der Waals surface area contributed by atoms with E-state index in [1.54, 1.807) is 0 Å². The third-order valence-corrected chi connectivity index (χ3v) is 5.72. The summed E-state index contributed by atoms with van der Waals surface area (Å²) in [6, 6.07) is 0. The van der Waals surface area contributed by atoms with Gasteiger partial charge in [-0.05, 0) is 32.6 Å². The minimum atomic E-state index is -0.694. The smallest absolute Gasteiger partial charge is 0.303 e. The van der Waals surface area contributed by atoms with Crippen molar-refractivity contribution in [3.8, 4) is 0 Å². The van der Waals surface area contributed by atoms with Crippen molar-refractivity contribution in [2.45, 2.75) is 122 Å². The molecule has 0 aliphatic rings. The van der Waals surface area contributed by atoms with Crippen LogP contribution in [0.4, 0.5) is 0 Å². The number of carboxylic acid groups (broad SMARTS) is 1. The van der Waals surface area contributed by atoms with Crippen molar-refractivity contribution in [1.29, 1.82) is 0 Å². The Morgan fingerprint density at radius 1 is 0.471 bits per heavy atom. The second-order valence-electron chi connectivity index (χ2n) is 9.00. The number of carbonyl (C=O) groups is 4. The van der Waals surface area contributed by atoms with Crippen molar-refractivity contribution >= 4 is 23.7 Å². The van der Waals surface area contributed by atoms with E-state index in [-0.39, 0.29) is 17.7 Å². The van der Waals surface area contributed by atoms with Crippen LogP contribution < -0.4 is 16.0 Å². The largest absolute Gasteiger partial charge is 0.481 e. The number of hydrogen-bond donors (Lipinski definition) is 4. The van der Waals surface area contributed by atoms with E-state index in [9.17, 15) is 19.2 Å². The summed E-state index contributed by atoms with van der Waals surface area (Å²) in [7, 11) is 0. The topological polar surface area (TPSA) is 125 Å². The Morgan fingerprint density at radius 3 is 1.18 bits per heavy atom. The van der Waals surface area contributed by atoms with E-state index in [1.165, 1.54) is 44.9 Å². The fourth-order valence-corrected chi connectivity index (χ4v) is 3.75. The Hall–Kier alpha value is -2.12. The normalized spacial score (nSPS) is 10.6. The fraction of sp³-hybridized carbons (Fsp3) is 0.846. The Bertz CT molecular complexity index is 555. The molecule has 0 spiro atoms. The lowest BCUT2D eigenvalue weighted by Crippen LogP contribution is -2.29. The Balaban J connectivity index is 3.32. The number of nitrogens with one attached hydrogen (secondary N) is 3. The highest BCUT2D eigenvalue weighted by molar-refractivity contribution is 5.77. The molecule has 8 nitrogen and oxygen atoms in total. The first-order valence-electron chi connectivity index (χ1n) is 13.5. The first-order valence-corrected chi connectivity index (χ1v) is 13.5. The molecule has 0 bridgehead atoms. The summed E-state index contributed by atoms with van der Waals surface area (Å²) in [5.41, 5.74) is 0. The van der Waals surface area contributed by atoms with Gasteiger partial charge in [-0.1, -0.05) is 64.2 Å². The number of carbonyl (C=O) groups excluding carboxylic acids is 3. The molecule has 0 aromatic heterocycles. The Labute approximate surface area is 206 Å². The van der Waals surface area contributed by atoms with Crippen molar-refractivity contribution < 1.29 is 24.3 Å². The molecule has 0 saturated carbocycles. The van der Waals surface area contributed by atoms with Crippen LogP contribution in [0.15, 0.2) is 0 Å². The molecule has 0 heterocycles. The van der Waals surface area contributed by atoms with Crippen LogP contribution in [-0.2, 0) is 19.2 Å². The minimum Gasteiger partial charge on any atom is -0.481 e.